The normalized spacial score (nSPS) is 10.7. The van der Waals surface area contributed by atoms with Gasteiger partial charge in [-0.25, -0.2) is 14.2 Å². The fourth-order valence-electron chi connectivity index (χ4n) is 2.65. The third-order valence-corrected chi connectivity index (χ3v) is 4.93. The summed E-state index contributed by atoms with van der Waals surface area (Å²) in [5, 5.41) is 4.60. The largest absolute Gasteiger partial charge is 0.465 e. The number of amides is 2. The highest BCUT2D eigenvalue weighted by atomic mass is 32.1. The Morgan fingerprint density at radius 3 is 2.48 bits per heavy atom. The third-order valence-electron chi connectivity index (χ3n) is 4.09. The Balaban J connectivity index is 1.69. The smallest absolute Gasteiger partial charge is 0.337 e. The van der Waals surface area contributed by atoms with Gasteiger partial charge in [-0.05, 0) is 42.5 Å². The first-order valence-electron chi connectivity index (χ1n) is 9.07. The van der Waals surface area contributed by atoms with E-state index in [1.165, 1.54) is 61.4 Å². The number of esters is 1. The molecule has 0 aliphatic rings. The fourth-order valence-corrected chi connectivity index (χ4v) is 3.50. The minimum atomic E-state index is -0.539. The van der Waals surface area contributed by atoms with Crippen molar-refractivity contribution in [3.05, 3.63) is 77.1 Å². The predicted molar refractivity (Wildman–Crippen MR) is 117 cm³/mol. The topological polar surface area (TPSA) is 88.6 Å². The standard InChI is InChI=1S/C22H18FN3O4S/c1-14(27)26(19-6-4-3-5-18(19)23)22-25-17(13-31-22)11-12-20(28)24-16-9-7-15(8-10-16)21(29)30-2/h3-13H,1-2H3,(H,24,28)/b12-11+. The Morgan fingerprint density at radius 2 is 1.84 bits per heavy atom. The van der Waals surface area contributed by atoms with Gasteiger partial charge in [0, 0.05) is 24.1 Å². The minimum Gasteiger partial charge on any atom is -0.465 e. The number of carbonyl (C=O) groups excluding carboxylic acids is 3. The lowest BCUT2D eigenvalue weighted by molar-refractivity contribution is -0.116. The van der Waals surface area contributed by atoms with Crippen molar-refractivity contribution in [2.75, 3.05) is 17.3 Å². The highest BCUT2D eigenvalue weighted by Crippen LogP contribution is 2.31. The maximum absolute atomic E-state index is 14.1. The van der Waals surface area contributed by atoms with Crippen molar-refractivity contribution in [3.63, 3.8) is 0 Å². The molecule has 0 spiro atoms. The van der Waals surface area contributed by atoms with Crippen molar-refractivity contribution in [3.8, 4) is 0 Å². The van der Waals surface area contributed by atoms with Crippen LogP contribution in [-0.2, 0) is 14.3 Å². The molecule has 0 fully saturated rings. The molecule has 1 N–H and O–H groups in total. The van der Waals surface area contributed by atoms with Crippen LogP contribution in [0.4, 0.5) is 20.9 Å². The van der Waals surface area contributed by atoms with Crippen LogP contribution in [0.25, 0.3) is 6.08 Å². The molecule has 0 radical (unpaired) electrons. The van der Waals surface area contributed by atoms with Crippen LogP contribution in [0.2, 0.25) is 0 Å². The van der Waals surface area contributed by atoms with Crippen molar-refractivity contribution in [2.24, 2.45) is 0 Å². The van der Waals surface area contributed by atoms with Crippen LogP contribution in [0.1, 0.15) is 23.0 Å². The first kappa shape index (κ1) is 21.8. The highest BCUT2D eigenvalue weighted by molar-refractivity contribution is 7.14. The number of carbonyl (C=O) groups is 3. The van der Waals surface area contributed by atoms with Gasteiger partial charge < -0.3 is 10.1 Å². The maximum Gasteiger partial charge on any atom is 0.337 e. The van der Waals surface area contributed by atoms with E-state index in [0.29, 0.717) is 16.9 Å². The zero-order valence-corrected chi connectivity index (χ0v) is 17.5. The Bertz CT molecular complexity index is 1140. The van der Waals surface area contributed by atoms with Crippen LogP contribution in [0.3, 0.4) is 0 Å². The van der Waals surface area contributed by atoms with E-state index in [1.807, 2.05) is 0 Å². The van der Waals surface area contributed by atoms with Gasteiger partial charge in [-0.1, -0.05) is 12.1 Å². The molecule has 0 saturated heterocycles. The second kappa shape index (κ2) is 9.77. The number of nitrogens with zero attached hydrogens (tertiary/aromatic N) is 2. The number of methoxy groups -OCH3 is 1. The number of ether oxygens (including phenoxy) is 1. The first-order valence-corrected chi connectivity index (χ1v) is 9.95. The van der Waals surface area contributed by atoms with Crippen molar-refractivity contribution in [1.29, 1.82) is 0 Å². The summed E-state index contributed by atoms with van der Waals surface area (Å²) in [5.74, 6) is -1.80. The molecule has 3 aromatic rings. The second-order valence-corrected chi connectivity index (χ2v) is 7.09. The number of hydrogen-bond acceptors (Lipinski definition) is 6. The van der Waals surface area contributed by atoms with E-state index in [-0.39, 0.29) is 16.7 Å². The molecule has 0 bridgehead atoms. The summed E-state index contributed by atoms with van der Waals surface area (Å²) in [6, 6.07) is 12.2. The number of thiazole rings is 1. The first-order chi connectivity index (χ1) is 14.9. The van der Waals surface area contributed by atoms with Crippen LogP contribution in [0.5, 0.6) is 0 Å². The molecule has 0 aliphatic carbocycles. The van der Waals surface area contributed by atoms with Gasteiger partial charge in [0.1, 0.15) is 5.82 Å². The Morgan fingerprint density at radius 1 is 1.13 bits per heavy atom. The van der Waals surface area contributed by atoms with Crippen molar-refractivity contribution < 1.29 is 23.5 Å². The third kappa shape index (κ3) is 5.40. The van der Waals surface area contributed by atoms with Gasteiger partial charge in [0.2, 0.25) is 11.8 Å². The van der Waals surface area contributed by atoms with Gasteiger partial charge in [0.05, 0.1) is 24.1 Å². The van der Waals surface area contributed by atoms with E-state index in [2.05, 4.69) is 15.0 Å². The monoisotopic (exact) mass is 439 g/mol. The molecule has 0 atom stereocenters. The van der Waals surface area contributed by atoms with Gasteiger partial charge in [0.15, 0.2) is 5.13 Å². The number of aromatic nitrogens is 1. The van der Waals surface area contributed by atoms with Crippen LogP contribution in [0, 0.1) is 5.82 Å². The summed E-state index contributed by atoms with van der Waals surface area (Å²) in [5.41, 5.74) is 1.42. The molecule has 0 saturated carbocycles. The average Bonchev–Trinajstić information content (AvgIpc) is 3.22. The second-order valence-electron chi connectivity index (χ2n) is 6.25. The van der Waals surface area contributed by atoms with Crippen LogP contribution >= 0.6 is 11.3 Å². The molecule has 0 aliphatic heterocycles. The SMILES string of the molecule is COC(=O)c1ccc(NC(=O)/C=C/c2csc(N(C(C)=O)c3ccccc3F)n2)cc1. The summed E-state index contributed by atoms with van der Waals surface area (Å²) in [6.45, 7) is 1.32. The molecule has 1 heterocycles. The zero-order valence-electron chi connectivity index (χ0n) is 16.7. The number of anilines is 3. The quantitative estimate of drug-likeness (QED) is 0.454. The molecule has 1 aromatic heterocycles. The van der Waals surface area contributed by atoms with Crippen molar-refractivity contribution in [2.45, 2.75) is 6.92 Å². The number of hydrogen-bond donors (Lipinski definition) is 1. The van der Waals surface area contributed by atoms with E-state index < -0.39 is 17.7 Å². The number of halogens is 1. The average molecular weight is 439 g/mol. The lowest BCUT2D eigenvalue weighted by Gasteiger charge is -2.18. The summed E-state index contributed by atoms with van der Waals surface area (Å²) in [7, 11) is 1.29. The highest BCUT2D eigenvalue weighted by Gasteiger charge is 2.20. The molecule has 2 aromatic carbocycles. The van der Waals surface area contributed by atoms with E-state index in [0.717, 1.165) is 11.3 Å². The Kier molecular flexibility index (Phi) is 6.88. The zero-order chi connectivity index (χ0) is 22.4. The van der Waals surface area contributed by atoms with Gasteiger partial charge in [-0.2, -0.15) is 0 Å². The fraction of sp³-hybridized carbons (Fsp3) is 0.0909. The Hall–Kier alpha value is -3.85. The molecule has 2 amide bonds. The van der Waals surface area contributed by atoms with Crippen LogP contribution < -0.4 is 10.2 Å². The molecule has 3 rings (SSSR count). The van der Waals surface area contributed by atoms with E-state index in [1.54, 1.807) is 23.6 Å². The number of rotatable bonds is 6. The predicted octanol–water partition coefficient (Wildman–Crippen LogP) is 4.41. The molecular formula is C22H18FN3O4S. The molecule has 158 valence electrons. The van der Waals surface area contributed by atoms with E-state index in [4.69, 9.17) is 0 Å². The van der Waals surface area contributed by atoms with Gasteiger partial charge in [-0.15, -0.1) is 11.3 Å². The van der Waals surface area contributed by atoms with Gasteiger partial charge >= 0.3 is 5.97 Å². The molecule has 0 unspecified atom stereocenters. The number of para-hydroxylation sites is 1. The molecular weight excluding hydrogens is 421 g/mol. The summed E-state index contributed by atoms with van der Waals surface area (Å²) in [6.07, 6.45) is 2.77. The molecule has 7 nitrogen and oxygen atoms in total. The molecule has 31 heavy (non-hydrogen) atoms. The summed E-state index contributed by atoms with van der Waals surface area (Å²) in [4.78, 5) is 41.1. The van der Waals surface area contributed by atoms with Crippen molar-refractivity contribution in [1.82, 2.24) is 4.98 Å². The number of benzene rings is 2. The maximum atomic E-state index is 14.1. The van der Waals surface area contributed by atoms with E-state index >= 15 is 0 Å². The summed E-state index contributed by atoms with van der Waals surface area (Å²) >= 11 is 1.15. The lowest BCUT2D eigenvalue weighted by atomic mass is 10.2. The van der Waals surface area contributed by atoms with Gasteiger partial charge in [0.25, 0.3) is 0 Å². The minimum absolute atomic E-state index is 0.105. The summed E-state index contributed by atoms with van der Waals surface area (Å²) < 4.78 is 18.8. The van der Waals surface area contributed by atoms with Gasteiger partial charge in [-0.3, -0.25) is 14.5 Å². The lowest BCUT2D eigenvalue weighted by Crippen LogP contribution is -2.23. The van der Waals surface area contributed by atoms with Crippen molar-refractivity contribution >= 4 is 51.7 Å². The van der Waals surface area contributed by atoms with E-state index in [9.17, 15) is 18.8 Å². The Labute approximate surface area is 181 Å². The van der Waals surface area contributed by atoms with Crippen LogP contribution in [-0.4, -0.2) is 29.9 Å². The van der Waals surface area contributed by atoms with Crippen LogP contribution in [0.15, 0.2) is 60.0 Å². The molecule has 9 heteroatoms. The number of nitrogens with one attached hydrogen (secondary N) is 1.